The Morgan fingerprint density at radius 2 is 2.19 bits per heavy atom. The van der Waals surface area contributed by atoms with E-state index in [4.69, 9.17) is 0 Å². The molecule has 16 heavy (non-hydrogen) atoms. The lowest BCUT2D eigenvalue weighted by atomic mass is 10.1. The van der Waals surface area contributed by atoms with Crippen molar-refractivity contribution in [1.29, 1.82) is 0 Å². The van der Waals surface area contributed by atoms with Gasteiger partial charge in [0.2, 0.25) is 0 Å². The van der Waals surface area contributed by atoms with E-state index in [1.54, 1.807) is 13.2 Å². The van der Waals surface area contributed by atoms with Gasteiger partial charge in [0, 0.05) is 19.3 Å². The van der Waals surface area contributed by atoms with E-state index < -0.39 is 6.43 Å². The summed E-state index contributed by atoms with van der Waals surface area (Å²) in [6.45, 7) is 1.70. The highest BCUT2D eigenvalue weighted by molar-refractivity contribution is 5.40. The van der Waals surface area contributed by atoms with Crippen LogP contribution in [0.4, 0.5) is 14.6 Å². The number of halogens is 2. The van der Waals surface area contributed by atoms with Crippen LogP contribution in [0.25, 0.3) is 0 Å². The third-order valence-electron chi connectivity index (χ3n) is 2.51. The van der Waals surface area contributed by atoms with Gasteiger partial charge in [0.05, 0.1) is 6.54 Å². The Bertz CT molecular complexity index is 331. The second-order valence-electron chi connectivity index (χ2n) is 3.73. The van der Waals surface area contributed by atoms with E-state index in [1.807, 2.05) is 26.1 Å². The number of pyridine rings is 1. The summed E-state index contributed by atoms with van der Waals surface area (Å²) in [7, 11) is 3.47. The first-order valence-electron chi connectivity index (χ1n) is 5.17. The van der Waals surface area contributed by atoms with Gasteiger partial charge in [-0.1, -0.05) is 0 Å². The summed E-state index contributed by atoms with van der Waals surface area (Å²) in [6, 6.07) is 3.88. The SMILES string of the molecule is CNC(C)c1ccnc(N(C)CC(F)F)c1. The Morgan fingerprint density at radius 3 is 2.75 bits per heavy atom. The number of hydrogen-bond acceptors (Lipinski definition) is 3. The van der Waals surface area contributed by atoms with Gasteiger partial charge in [0.25, 0.3) is 6.43 Å². The largest absolute Gasteiger partial charge is 0.354 e. The smallest absolute Gasteiger partial charge is 0.255 e. The Morgan fingerprint density at radius 1 is 1.50 bits per heavy atom. The van der Waals surface area contributed by atoms with Gasteiger partial charge in [0.15, 0.2) is 0 Å². The summed E-state index contributed by atoms with van der Waals surface area (Å²) in [5.41, 5.74) is 1.04. The molecule has 1 aromatic heterocycles. The first kappa shape index (κ1) is 12.8. The van der Waals surface area contributed by atoms with Crippen LogP contribution in [0.2, 0.25) is 0 Å². The highest BCUT2D eigenvalue weighted by Crippen LogP contribution is 2.17. The normalized spacial score (nSPS) is 12.9. The first-order chi connectivity index (χ1) is 7.54. The Kier molecular flexibility index (Phi) is 4.61. The van der Waals surface area contributed by atoms with Gasteiger partial charge < -0.3 is 10.2 Å². The topological polar surface area (TPSA) is 28.2 Å². The molecular formula is C11H17F2N3. The van der Waals surface area contributed by atoms with Crippen molar-refractivity contribution in [3.63, 3.8) is 0 Å². The van der Waals surface area contributed by atoms with E-state index in [9.17, 15) is 8.78 Å². The summed E-state index contributed by atoms with van der Waals surface area (Å²) < 4.78 is 24.4. The maximum atomic E-state index is 12.2. The van der Waals surface area contributed by atoms with E-state index in [-0.39, 0.29) is 12.6 Å². The standard InChI is InChI=1S/C11H17F2N3/c1-8(14-2)9-4-5-15-11(6-9)16(3)7-10(12)13/h4-6,8,10,14H,7H2,1-3H3. The number of anilines is 1. The summed E-state index contributed by atoms with van der Waals surface area (Å²) >= 11 is 0. The molecule has 0 aliphatic heterocycles. The minimum atomic E-state index is -2.35. The maximum absolute atomic E-state index is 12.2. The molecule has 1 N–H and O–H groups in total. The van der Waals surface area contributed by atoms with E-state index in [1.165, 1.54) is 4.90 Å². The van der Waals surface area contributed by atoms with Gasteiger partial charge in [-0.2, -0.15) is 0 Å². The highest BCUT2D eigenvalue weighted by atomic mass is 19.3. The zero-order valence-electron chi connectivity index (χ0n) is 9.74. The van der Waals surface area contributed by atoms with Crippen molar-refractivity contribution < 1.29 is 8.78 Å². The second kappa shape index (κ2) is 5.75. The molecule has 0 aliphatic rings. The average Bonchev–Trinajstić information content (AvgIpc) is 2.27. The van der Waals surface area contributed by atoms with Crippen molar-refractivity contribution in [1.82, 2.24) is 10.3 Å². The average molecular weight is 229 g/mol. The summed E-state index contributed by atoms with van der Waals surface area (Å²) in [5, 5.41) is 3.09. The van der Waals surface area contributed by atoms with Crippen molar-refractivity contribution in [3.05, 3.63) is 23.9 Å². The molecule has 0 spiro atoms. The highest BCUT2D eigenvalue weighted by Gasteiger charge is 2.11. The van der Waals surface area contributed by atoms with E-state index in [0.717, 1.165) is 5.56 Å². The molecule has 0 saturated heterocycles. The minimum Gasteiger partial charge on any atom is -0.354 e. The molecule has 1 aromatic rings. The predicted octanol–water partition coefficient (Wildman–Crippen LogP) is 2.06. The van der Waals surface area contributed by atoms with Crippen LogP contribution in [0.3, 0.4) is 0 Å². The first-order valence-corrected chi connectivity index (χ1v) is 5.17. The number of aromatic nitrogens is 1. The van der Waals surface area contributed by atoms with Crippen LogP contribution < -0.4 is 10.2 Å². The van der Waals surface area contributed by atoms with Crippen molar-refractivity contribution in [3.8, 4) is 0 Å². The fourth-order valence-electron chi connectivity index (χ4n) is 1.38. The fourth-order valence-corrected chi connectivity index (χ4v) is 1.38. The van der Waals surface area contributed by atoms with Crippen LogP contribution >= 0.6 is 0 Å². The van der Waals surface area contributed by atoms with Crippen molar-refractivity contribution in [2.24, 2.45) is 0 Å². The van der Waals surface area contributed by atoms with Gasteiger partial charge in [-0.15, -0.1) is 0 Å². The number of nitrogens with one attached hydrogen (secondary N) is 1. The minimum absolute atomic E-state index is 0.182. The van der Waals surface area contributed by atoms with Crippen molar-refractivity contribution in [2.45, 2.75) is 19.4 Å². The Balaban J connectivity index is 2.81. The van der Waals surface area contributed by atoms with Crippen LogP contribution in [0.5, 0.6) is 0 Å². The second-order valence-corrected chi connectivity index (χ2v) is 3.73. The zero-order valence-corrected chi connectivity index (χ0v) is 9.74. The number of rotatable bonds is 5. The third kappa shape index (κ3) is 3.41. The molecule has 0 saturated carbocycles. The molecule has 0 bridgehead atoms. The number of alkyl halides is 2. The van der Waals surface area contributed by atoms with Gasteiger partial charge in [0.1, 0.15) is 5.82 Å². The molecular weight excluding hydrogens is 212 g/mol. The maximum Gasteiger partial charge on any atom is 0.255 e. The van der Waals surface area contributed by atoms with Crippen molar-refractivity contribution in [2.75, 3.05) is 25.5 Å². The molecule has 0 aromatic carbocycles. The zero-order chi connectivity index (χ0) is 12.1. The summed E-state index contributed by atoms with van der Waals surface area (Å²) in [5.74, 6) is 0.569. The fraction of sp³-hybridized carbons (Fsp3) is 0.545. The quantitative estimate of drug-likeness (QED) is 0.837. The van der Waals surface area contributed by atoms with Crippen LogP contribution in [-0.2, 0) is 0 Å². The van der Waals surface area contributed by atoms with Crippen molar-refractivity contribution >= 4 is 5.82 Å². The molecule has 90 valence electrons. The van der Waals surface area contributed by atoms with Gasteiger partial charge in [-0.25, -0.2) is 13.8 Å². The third-order valence-corrected chi connectivity index (χ3v) is 2.51. The monoisotopic (exact) mass is 229 g/mol. The molecule has 0 amide bonds. The lowest BCUT2D eigenvalue weighted by Crippen LogP contribution is -2.25. The Labute approximate surface area is 94.5 Å². The lowest BCUT2D eigenvalue weighted by molar-refractivity contribution is 0.156. The van der Waals surface area contributed by atoms with Crippen LogP contribution in [0, 0.1) is 0 Å². The molecule has 5 heteroatoms. The summed E-state index contributed by atoms with van der Waals surface area (Å²) in [6.07, 6.45) is -0.710. The lowest BCUT2D eigenvalue weighted by Gasteiger charge is -2.19. The van der Waals surface area contributed by atoms with E-state index in [2.05, 4.69) is 10.3 Å². The molecule has 3 nitrogen and oxygen atoms in total. The molecule has 0 radical (unpaired) electrons. The van der Waals surface area contributed by atoms with E-state index >= 15 is 0 Å². The van der Waals surface area contributed by atoms with Crippen LogP contribution in [0.15, 0.2) is 18.3 Å². The predicted molar refractivity (Wildman–Crippen MR) is 61.0 cm³/mol. The van der Waals surface area contributed by atoms with Crippen LogP contribution in [-0.4, -0.2) is 32.0 Å². The molecule has 1 unspecified atom stereocenters. The van der Waals surface area contributed by atoms with Gasteiger partial charge >= 0.3 is 0 Å². The van der Waals surface area contributed by atoms with E-state index in [0.29, 0.717) is 5.82 Å². The Hall–Kier alpha value is -1.23. The molecule has 1 rings (SSSR count). The number of hydrogen-bond donors (Lipinski definition) is 1. The van der Waals surface area contributed by atoms with Gasteiger partial charge in [-0.05, 0) is 31.7 Å². The van der Waals surface area contributed by atoms with Gasteiger partial charge in [-0.3, -0.25) is 0 Å². The molecule has 0 fully saturated rings. The number of nitrogens with zero attached hydrogens (tertiary/aromatic N) is 2. The summed E-state index contributed by atoms with van der Waals surface area (Å²) in [4.78, 5) is 5.53. The molecule has 1 atom stereocenters. The molecule has 1 heterocycles. The van der Waals surface area contributed by atoms with Crippen LogP contribution in [0.1, 0.15) is 18.5 Å². The molecule has 0 aliphatic carbocycles.